The average molecular weight is 248 g/mol. The Morgan fingerprint density at radius 2 is 1.00 bits per heavy atom. The summed E-state index contributed by atoms with van der Waals surface area (Å²) in [6, 6.07) is 0. The molecule has 0 aliphatic rings. The molecule has 0 spiro atoms. The first kappa shape index (κ1) is 9.74. The van der Waals surface area contributed by atoms with Crippen molar-refractivity contribution in [3.05, 3.63) is 0 Å². The van der Waals surface area contributed by atoms with Gasteiger partial charge in [-0.3, -0.25) is 0 Å². The molecule has 0 radical (unpaired) electrons. The van der Waals surface area contributed by atoms with E-state index in [1.54, 1.807) is 0 Å². The van der Waals surface area contributed by atoms with Crippen LogP contribution in [0.5, 0.6) is 0 Å². The Bertz CT molecular complexity index is 11.6. The average Bonchev–Trinajstić information content (AvgIpc) is 0.811. The number of rotatable bonds is 0. The van der Waals surface area contributed by atoms with Gasteiger partial charge in [0.15, 0.2) is 0 Å². The standard InChI is InChI=1S/O3P.Tm/c1-4(2)3;/q-3;+3. The van der Waals surface area contributed by atoms with Crippen molar-refractivity contribution in [2.24, 2.45) is 0 Å². The van der Waals surface area contributed by atoms with Gasteiger partial charge in [0.1, 0.15) is 0 Å². The second kappa shape index (κ2) is 5.54. The van der Waals surface area contributed by atoms with Crippen molar-refractivity contribution in [2.75, 3.05) is 0 Å². The first-order chi connectivity index (χ1) is 1.73. The molecule has 0 atom stereocenters. The minimum Gasteiger partial charge on any atom is -0.854 e. The minimum atomic E-state index is -3.37. The van der Waals surface area contributed by atoms with Gasteiger partial charge in [-0.1, -0.05) is 0 Å². The van der Waals surface area contributed by atoms with Crippen LogP contribution in [0.3, 0.4) is 0 Å². The smallest absolute Gasteiger partial charge is 0.854 e. The Morgan fingerprint density at radius 3 is 1.00 bits per heavy atom. The molecule has 0 aromatic carbocycles. The van der Waals surface area contributed by atoms with E-state index in [0.717, 1.165) is 0 Å². The maximum absolute atomic E-state index is 8.48. The summed E-state index contributed by atoms with van der Waals surface area (Å²) in [5, 5.41) is 0. The predicted octanol–water partition coefficient (Wildman–Crippen LogP) is -2.71. The summed E-state index contributed by atoms with van der Waals surface area (Å²) >= 11 is 0. The van der Waals surface area contributed by atoms with E-state index >= 15 is 0 Å². The Morgan fingerprint density at radius 1 is 1.00 bits per heavy atom. The second-order valence-electron chi connectivity index (χ2n) is 0.224. The van der Waals surface area contributed by atoms with Gasteiger partial charge in [-0.25, -0.2) is 0 Å². The first-order valence-electron chi connectivity index (χ1n) is 0.548. The fourth-order valence-corrected chi connectivity index (χ4v) is 0. The van der Waals surface area contributed by atoms with Crippen molar-refractivity contribution < 1.29 is 51.6 Å². The molecule has 0 fully saturated rings. The van der Waals surface area contributed by atoms with E-state index in [9.17, 15) is 0 Å². The van der Waals surface area contributed by atoms with Crippen LogP contribution in [0.2, 0.25) is 0 Å². The molecule has 0 bridgehead atoms. The van der Waals surface area contributed by atoms with Gasteiger partial charge in [0.2, 0.25) is 0 Å². The number of hydrogen-bond donors (Lipinski definition) is 0. The minimum absolute atomic E-state index is 0. The predicted molar refractivity (Wildman–Crippen MR) is 6.92 cm³/mol. The summed E-state index contributed by atoms with van der Waals surface area (Å²) in [4.78, 5) is 25.4. The summed E-state index contributed by atoms with van der Waals surface area (Å²) in [6.45, 7) is 0. The summed E-state index contributed by atoms with van der Waals surface area (Å²) < 4.78 is 0. The quantitative estimate of drug-likeness (QED) is 0.438. The van der Waals surface area contributed by atoms with E-state index in [0.29, 0.717) is 0 Å². The molecule has 3 nitrogen and oxygen atoms in total. The van der Waals surface area contributed by atoms with Gasteiger partial charge in [-0.15, -0.1) is 0 Å². The largest absolute Gasteiger partial charge is 3.00 e. The molecule has 0 unspecified atom stereocenters. The maximum Gasteiger partial charge on any atom is 3.00 e. The van der Waals surface area contributed by atoms with E-state index in [1.807, 2.05) is 0 Å². The molecule has 5 heavy (non-hydrogen) atoms. The monoisotopic (exact) mass is 248 g/mol. The van der Waals surface area contributed by atoms with Gasteiger partial charge >= 0.3 is 36.9 Å². The summed E-state index contributed by atoms with van der Waals surface area (Å²) in [6.07, 6.45) is 0. The molecule has 0 saturated carbocycles. The molecular weight excluding hydrogens is 248 g/mol. The molecule has 0 saturated heterocycles. The summed E-state index contributed by atoms with van der Waals surface area (Å²) in [7, 11) is -3.37. The molecule has 0 amide bonds. The second-order valence-corrected chi connectivity index (χ2v) is 0.671. The third-order valence-corrected chi connectivity index (χ3v) is 0. The zero-order valence-electron chi connectivity index (χ0n) is 1.95. The van der Waals surface area contributed by atoms with Crippen LogP contribution in [0.25, 0.3) is 0 Å². The van der Waals surface area contributed by atoms with Gasteiger partial charge in [0.05, 0.1) is 0 Å². The van der Waals surface area contributed by atoms with Gasteiger partial charge in [0.25, 0.3) is 0 Å². The first-order valence-corrected chi connectivity index (χ1v) is 1.64. The SMILES string of the molecule is [O-]P([O-])[O-].[Tm+3]. The normalized spacial score (nSPS) is 7.20. The van der Waals surface area contributed by atoms with Crippen LogP contribution in [-0.2, 0) is 0 Å². The third kappa shape index (κ3) is 29.2. The molecule has 0 aromatic heterocycles. The Kier molecular flexibility index (Phi) is 10.8. The molecular formula is O3PTm. The molecule has 0 aromatic rings. The Balaban J connectivity index is 0. The van der Waals surface area contributed by atoms with E-state index < -0.39 is 8.60 Å². The van der Waals surface area contributed by atoms with Crippen molar-refractivity contribution in [1.82, 2.24) is 0 Å². The fourth-order valence-electron chi connectivity index (χ4n) is 0. The zero-order chi connectivity index (χ0) is 3.58. The van der Waals surface area contributed by atoms with Gasteiger partial charge in [-0.05, 0) is 0 Å². The summed E-state index contributed by atoms with van der Waals surface area (Å²) in [5.74, 6) is 0. The molecule has 0 aliphatic carbocycles. The van der Waals surface area contributed by atoms with Crippen LogP contribution in [0.4, 0.5) is 0 Å². The Labute approximate surface area is 59.8 Å². The molecule has 0 N–H and O–H groups in total. The van der Waals surface area contributed by atoms with Crippen molar-refractivity contribution in [3.8, 4) is 0 Å². The van der Waals surface area contributed by atoms with E-state index in [2.05, 4.69) is 0 Å². The molecule has 0 rings (SSSR count). The van der Waals surface area contributed by atoms with E-state index in [4.69, 9.17) is 14.7 Å². The van der Waals surface area contributed by atoms with Crippen molar-refractivity contribution >= 4 is 8.60 Å². The van der Waals surface area contributed by atoms with Crippen LogP contribution < -0.4 is 14.7 Å². The van der Waals surface area contributed by atoms with Gasteiger partial charge < -0.3 is 23.3 Å². The topological polar surface area (TPSA) is 69.2 Å². The van der Waals surface area contributed by atoms with Crippen LogP contribution in [-0.4, -0.2) is 0 Å². The molecule has 0 aliphatic heterocycles. The van der Waals surface area contributed by atoms with Crippen LogP contribution in [0, 0.1) is 36.9 Å². The van der Waals surface area contributed by atoms with Crippen LogP contribution in [0.1, 0.15) is 0 Å². The van der Waals surface area contributed by atoms with Gasteiger partial charge in [0, 0.05) is 0 Å². The van der Waals surface area contributed by atoms with Crippen molar-refractivity contribution in [3.63, 3.8) is 0 Å². The van der Waals surface area contributed by atoms with Crippen LogP contribution in [0.15, 0.2) is 0 Å². The van der Waals surface area contributed by atoms with Crippen molar-refractivity contribution in [2.45, 2.75) is 0 Å². The van der Waals surface area contributed by atoms with Crippen LogP contribution >= 0.6 is 8.60 Å². The Hall–Kier alpha value is 1.54. The maximum atomic E-state index is 8.48. The molecule has 5 heteroatoms. The van der Waals surface area contributed by atoms with Gasteiger partial charge in [-0.2, -0.15) is 0 Å². The van der Waals surface area contributed by atoms with E-state index in [1.165, 1.54) is 0 Å². The molecule has 0 heterocycles. The summed E-state index contributed by atoms with van der Waals surface area (Å²) in [5.41, 5.74) is 0. The molecule has 36 valence electrons. The van der Waals surface area contributed by atoms with Crippen molar-refractivity contribution in [1.29, 1.82) is 0 Å². The number of hydrogen-bond acceptors (Lipinski definition) is 3. The fraction of sp³-hybridized carbons (Fsp3) is 0. The van der Waals surface area contributed by atoms with E-state index in [-0.39, 0.29) is 36.9 Å². The third-order valence-electron chi connectivity index (χ3n) is 0. The zero-order valence-corrected chi connectivity index (χ0v) is 4.62.